The maximum Gasteiger partial charge on any atom is 0.236 e. The van der Waals surface area contributed by atoms with Crippen LogP contribution in [0.25, 0.3) is 0 Å². The Balaban J connectivity index is 1.99. The Labute approximate surface area is 110 Å². The molecule has 1 aliphatic heterocycles. The molecule has 0 unspecified atom stereocenters. The highest BCUT2D eigenvalue weighted by Crippen LogP contribution is 2.33. The van der Waals surface area contributed by atoms with E-state index in [0.717, 1.165) is 26.1 Å². The smallest absolute Gasteiger partial charge is 0.236 e. The molecule has 2 fully saturated rings. The lowest BCUT2D eigenvalue weighted by atomic mass is 9.80. The fraction of sp³-hybridized carbons (Fsp3) is 0.929. The highest BCUT2D eigenvalue weighted by Gasteiger charge is 2.39. The summed E-state index contributed by atoms with van der Waals surface area (Å²) in [6, 6.07) is 0. The van der Waals surface area contributed by atoms with Crippen LogP contribution in [0, 0.1) is 0 Å². The molecule has 2 N–H and O–H groups in total. The van der Waals surface area contributed by atoms with Crippen LogP contribution < -0.4 is 5.73 Å². The molecule has 4 heteroatoms. The molecule has 0 bridgehead atoms. The van der Waals surface area contributed by atoms with E-state index in [1.807, 2.05) is 4.90 Å². The van der Waals surface area contributed by atoms with E-state index in [0.29, 0.717) is 19.0 Å². The number of hydrogen-bond donors (Lipinski definition) is 1. The Morgan fingerprint density at radius 1 is 1.22 bits per heavy atom. The maximum atomic E-state index is 12.1. The Bertz CT molecular complexity index is 287. The zero-order valence-electron chi connectivity index (χ0n) is 11.7. The molecule has 0 atom stereocenters. The summed E-state index contributed by atoms with van der Waals surface area (Å²) in [4.78, 5) is 16.5. The Morgan fingerprint density at radius 3 is 2.50 bits per heavy atom. The molecular formula is C14H27N3O. The summed E-state index contributed by atoms with van der Waals surface area (Å²) in [7, 11) is 0. The van der Waals surface area contributed by atoms with Gasteiger partial charge >= 0.3 is 0 Å². The second-order valence-corrected chi connectivity index (χ2v) is 5.79. The molecule has 0 aromatic rings. The summed E-state index contributed by atoms with van der Waals surface area (Å²) in [5.74, 6) is 0.293. The van der Waals surface area contributed by atoms with Crippen LogP contribution in [-0.4, -0.2) is 54.0 Å². The molecule has 2 rings (SSSR count). The van der Waals surface area contributed by atoms with Crippen LogP contribution in [-0.2, 0) is 4.79 Å². The first-order chi connectivity index (χ1) is 8.72. The van der Waals surface area contributed by atoms with Crippen molar-refractivity contribution in [2.75, 3.05) is 32.7 Å². The van der Waals surface area contributed by atoms with Crippen molar-refractivity contribution >= 4 is 5.91 Å². The van der Waals surface area contributed by atoms with E-state index in [1.54, 1.807) is 0 Å². The standard InChI is InChI=1S/C14H27N3O/c1-2-8-16-9-10-17(11-13(16)18)14(12-15)6-4-3-5-7-14/h2-12,15H2,1H3. The summed E-state index contributed by atoms with van der Waals surface area (Å²) in [6.45, 7) is 6.20. The van der Waals surface area contributed by atoms with Crippen molar-refractivity contribution < 1.29 is 4.79 Å². The SMILES string of the molecule is CCCN1CCN(C2(CN)CCCCC2)CC1=O. The number of amides is 1. The number of nitrogens with two attached hydrogens (primary N) is 1. The van der Waals surface area contributed by atoms with Crippen LogP contribution in [0.3, 0.4) is 0 Å². The van der Waals surface area contributed by atoms with Crippen LogP contribution in [0.2, 0.25) is 0 Å². The molecule has 1 aliphatic carbocycles. The molecule has 0 aromatic carbocycles. The largest absolute Gasteiger partial charge is 0.340 e. The third-order valence-corrected chi connectivity index (χ3v) is 4.65. The number of carbonyl (C=O) groups is 1. The number of piperazine rings is 1. The number of carbonyl (C=O) groups excluding carboxylic acids is 1. The summed E-state index contributed by atoms with van der Waals surface area (Å²) in [5.41, 5.74) is 6.16. The van der Waals surface area contributed by atoms with Gasteiger partial charge in [-0.1, -0.05) is 26.2 Å². The van der Waals surface area contributed by atoms with Crippen molar-refractivity contribution in [2.45, 2.75) is 51.0 Å². The number of rotatable bonds is 4. The number of hydrogen-bond acceptors (Lipinski definition) is 3. The lowest BCUT2D eigenvalue weighted by Crippen LogP contribution is -2.62. The van der Waals surface area contributed by atoms with Crippen LogP contribution >= 0.6 is 0 Å². The molecule has 1 amide bonds. The predicted molar refractivity (Wildman–Crippen MR) is 73.3 cm³/mol. The fourth-order valence-electron chi connectivity index (χ4n) is 3.48. The van der Waals surface area contributed by atoms with Gasteiger partial charge in [0.1, 0.15) is 0 Å². The third kappa shape index (κ3) is 2.69. The maximum absolute atomic E-state index is 12.1. The van der Waals surface area contributed by atoms with Gasteiger partial charge < -0.3 is 10.6 Å². The predicted octanol–water partition coefficient (Wildman–Crippen LogP) is 1.20. The van der Waals surface area contributed by atoms with Crippen molar-refractivity contribution in [1.29, 1.82) is 0 Å². The summed E-state index contributed by atoms with van der Waals surface area (Å²) in [6.07, 6.45) is 7.25. The first kappa shape index (κ1) is 13.8. The molecule has 0 spiro atoms. The Kier molecular flexibility index (Phi) is 4.62. The first-order valence-corrected chi connectivity index (χ1v) is 7.45. The molecule has 104 valence electrons. The van der Waals surface area contributed by atoms with Crippen molar-refractivity contribution in [2.24, 2.45) is 5.73 Å². The van der Waals surface area contributed by atoms with Crippen molar-refractivity contribution in [3.63, 3.8) is 0 Å². The first-order valence-electron chi connectivity index (χ1n) is 7.45. The molecule has 0 aromatic heterocycles. The normalized spacial score (nSPS) is 25.4. The fourth-order valence-corrected chi connectivity index (χ4v) is 3.48. The van der Waals surface area contributed by atoms with E-state index in [2.05, 4.69) is 11.8 Å². The van der Waals surface area contributed by atoms with Gasteiger partial charge in [-0.25, -0.2) is 0 Å². The van der Waals surface area contributed by atoms with Crippen molar-refractivity contribution in [3.05, 3.63) is 0 Å². The van der Waals surface area contributed by atoms with Gasteiger partial charge in [0.2, 0.25) is 5.91 Å². The van der Waals surface area contributed by atoms with Gasteiger partial charge in [-0.15, -0.1) is 0 Å². The highest BCUT2D eigenvalue weighted by molar-refractivity contribution is 5.79. The van der Waals surface area contributed by atoms with Crippen molar-refractivity contribution in [1.82, 2.24) is 9.80 Å². The van der Waals surface area contributed by atoms with Gasteiger partial charge in [-0.3, -0.25) is 9.69 Å². The molecule has 0 radical (unpaired) electrons. The van der Waals surface area contributed by atoms with E-state index < -0.39 is 0 Å². The second kappa shape index (κ2) is 6.02. The second-order valence-electron chi connectivity index (χ2n) is 5.79. The molecular weight excluding hydrogens is 226 g/mol. The summed E-state index contributed by atoms with van der Waals surface area (Å²) < 4.78 is 0. The lowest BCUT2D eigenvalue weighted by molar-refractivity contribution is -0.139. The van der Waals surface area contributed by atoms with Crippen LogP contribution in [0.1, 0.15) is 45.4 Å². The molecule has 2 aliphatic rings. The van der Waals surface area contributed by atoms with Gasteiger partial charge in [0.05, 0.1) is 6.54 Å². The molecule has 18 heavy (non-hydrogen) atoms. The molecule has 1 saturated carbocycles. The van der Waals surface area contributed by atoms with E-state index in [9.17, 15) is 4.79 Å². The molecule has 1 heterocycles. The average molecular weight is 253 g/mol. The van der Waals surface area contributed by atoms with Crippen LogP contribution in [0.5, 0.6) is 0 Å². The third-order valence-electron chi connectivity index (χ3n) is 4.65. The Hall–Kier alpha value is -0.610. The van der Waals surface area contributed by atoms with Crippen LogP contribution in [0.15, 0.2) is 0 Å². The van der Waals surface area contributed by atoms with Gasteiger partial charge in [0, 0.05) is 31.7 Å². The monoisotopic (exact) mass is 253 g/mol. The minimum atomic E-state index is 0.117. The summed E-state index contributed by atoms with van der Waals surface area (Å²) in [5, 5.41) is 0. The van der Waals surface area contributed by atoms with Gasteiger partial charge in [0.15, 0.2) is 0 Å². The lowest BCUT2D eigenvalue weighted by Gasteiger charge is -2.49. The molecule has 4 nitrogen and oxygen atoms in total. The number of nitrogens with zero attached hydrogens (tertiary/aromatic N) is 2. The highest BCUT2D eigenvalue weighted by atomic mass is 16.2. The average Bonchev–Trinajstić information content (AvgIpc) is 2.42. The van der Waals surface area contributed by atoms with Crippen molar-refractivity contribution in [3.8, 4) is 0 Å². The Morgan fingerprint density at radius 2 is 1.94 bits per heavy atom. The molecule has 1 saturated heterocycles. The van der Waals surface area contributed by atoms with E-state index in [4.69, 9.17) is 5.73 Å². The topological polar surface area (TPSA) is 49.6 Å². The minimum absolute atomic E-state index is 0.117. The quantitative estimate of drug-likeness (QED) is 0.819. The van der Waals surface area contributed by atoms with Gasteiger partial charge in [0.25, 0.3) is 0 Å². The zero-order chi connectivity index (χ0) is 13.0. The zero-order valence-corrected chi connectivity index (χ0v) is 11.7. The van der Waals surface area contributed by atoms with Crippen LogP contribution in [0.4, 0.5) is 0 Å². The van der Waals surface area contributed by atoms with Gasteiger partial charge in [-0.2, -0.15) is 0 Å². The summed E-state index contributed by atoms with van der Waals surface area (Å²) >= 11 is 0. The van der Waals surface area contributed by atoms with E-state index in [-0.39, 0.29) is 5.54 Å². The van der Waals surface area contributed by atoms with Gasteiger partial charge in [-0.05, 0) is 19.3 Å². The van der Waals surface area contributed by atoms with E-state index >= 15 is 0 Å². The van der Waals surface area contributed by atoms with E-state index in [1.165, 1.54) is 32.1 Å². The minimum Gasteiger partial charge on any atom is -0.340 e.